The van der Waals surface area contributed by atoms with Crippen molar-refractivity contribution in [3.05, 3.63) is 28.6 Å². The summed E-state index contributed by atoms with van der Waals surface area (Å²) >= 11 is 0. The Hall–Kier alpha value is -2.02. The molecular formula is C16H19N3O. The standard InChI is InChI=1S/C16H19N3O/c1-10-7-12(11(2)19(10)15-5-6-15)8-13(9-17)16(20)18-14-3-4-14/h7-8,14-15H,3-6H2,1-2H3,(H,18,20). The van der Waals surface area contributed by atoms with E-state index >= 15 is 0 Å². The van der Waals surface area contributed by atoms with Gasteiger partial charge >= 0.3 is 0 Å². The molecule has 1 aromatic rings. The normalized spacial score (nSPS) is 18.8. The molecule has 0 aliphatic heterocycles. The van der Waals surface area contributed by atoms with Gasteiger partial charge in [-0.25, -0.2) is 0 Å². The summed E-state index contributed by atoms with van der Waals surface area (Å²) in [7, 11) is 0. The summed E-state index contributed by atoms with van der Waals surface area (Å²) in [5.74, 6) is -0.244. The van der Waals surface area contributed by atoms with Crippen molar-refractivity contribution in [3.8, 4) is 6.07 Å². The lowest BCUT2D eigenvalue weighted by atomic mass is 10.1. The van der Waals surface area contributed by atoms with Gasteiger partial charge in [0.1, 0.15) is 11.6 Å². The molecule has 1 aromatic heterocycles. The number of nitriles is 1. The number of carbonyl (C=O) groups excluding carboxylic acids is 1. The molecule has 0 saturated heterocycles. The lowest BCUT2D eigenvalue weighted by Crippen LogP contribution is -2.26. The first-order valence-electron chi connectivity index (χ1n) is 7.21. The number of rotatable bonds is 4. The molecule has 3 rings (SSSR count). The van der Waals surface area contributed by atoms with E-state index in [1.165, 1.54) is 18.5 Å². The second-order valence-corrected chi connectivity index (χ2v) is 5.85. The topological polar surface area (TPSA) is 57.8 Å². The van der Waals surface area contributed by atoms with Crippen LogP contribution in [-0.2, 0) is 4.79 Å². The number of carbonyl (C=O) groups is 1. The molecule has 20 heavy (non-hydrogen) atoms. The van der Waals surface area contributed by atoms with Gasteiger partial charge in [-0.05, 0) is 57.2 Å². The van der Waals surface area contributed by atoms with Crippen molar-refractivity contribution >= 4 is 12.0 Å². The fourth-order valence-electron chi connectivity index (χ4n) is 2.64. The van der Waals surface area contributed by atoms with Gasteiger partial charge in [-0.2, -0.15) is 5.26 Å². The van der Waals surface area contributed by atoms with Gasteiger partial charge in [0.05, 0.1) is 0 Å². The first-order chi connectivity index (χ1) is 9.60. The highest BCUT2D eigenvalue weighted by atomic mass is 16.1. The van der Waals surface area contributed by atoms with Gasteiger partial charge in [-0.1, -0.05) is 0 Å². The van der Waals surface area contributed by atoms with E-state index in [2.05, 4.69) is 29.8 Å². The van der Waals surface area contributed by atoms with Gasteiger partial charge in [-0.15, -0.1) is 0 Å². The quantitative estimate of drug-likeness (QED) is 0.674. The first-order valence-corrected chi connectivity index (χ1v) is 7.21. The van der Waals surface area contributed by atoms with Gasteiger partial charge in [-0.3, -0.25) is 4.79 Å². The Balaban J connectivity index is 1.87. The third kappa shape index (κ3) is 2.49. The average Bonchev–Trinajstić information content (AvgIpc) is 3.29. The van der Waals surface area contributed by atoms with Crippen molar-refractivity contribution in [2.45, 2.75) is 51.6 Å². The largest absolute Gasteiger partial charge is 0.349 e. The van der Waals surface area contributed by atoms with E-state index in [-0.39, 0.29) is 17.5 Å². The molecule has 2 aliphatic carbocycles. The van der Waals surface area contributed by atoms with Crippen LogP contribution in [0.1, 0.15) is 48.7 Å². The van der Waals surface area contributed by atoms with Gasteiger partial charge < -0.3 is 9.88 Å². The third-order valence-electron chi connectivity index (χ3n) is 4.01. The van der Waals surface area contributed by atoms with Crippen molar-refractivity contribution in [3.63, 3.8) is 0 Å². The van der Waals surface area contributed by atoms with Crippen LogP contribution in [0.2, 0.25) is 0 Å². The maximum atomic E-state index is 12.0. The molecule has 0 spiro atoms. The molecule has 4 nitrogen and oxygen atoms in total. The van der Waals surface area contributed by atoms with Crippen LogP contribution >= 0.6 is 0 Å². The molecular weight excluding hydrogens is 250 g/mol. The van der Waals surface area contributed by atoms with Crippen molar-refractivity contribution in [1.82, 2.24) is 9.88 Å². The highest BCUT2D eigenvalue weighted by molar-refractivity contribution is 6.02. The second-order valence-electron chi connectivity index (χ2n) is 5.85. The van der Waals surface area contributed by atoms with Crippen LogP contribution in [0.5, 0.6) is 0 Å². The number of amides is 1. The van der Waals surface area contributed by atoms with Crippen LogP contribution in [0, 0.1) is 25.2 Å². The fourth-order valence-corrected chi connectivity index (χ4v) is 2.64. The summed E-state index contributed by atoms with van der Waals surface area (Å²) in [6, 6.07) is 4.98. The van der Waals surface area contributed by atoms with Gasteiger partial charge in [0, 0.05) is 23.5 Å². The van der Waals surface area contributed by atoms with Crippen LogP contribution in [-0.4, -0.2) is 16.5 Å². The maximum absolute atomic E-state index is 12.0. The zero-order chi connectivity index (χ0) is 14.3. The van der Waals surface area contributed by atoms with E-state index < -0.39 is 0 Å². The predicted octanol–water partition coefficient (Wildman–Crippen LogP) is 2.63. The van der Waals surface area contributed by atoms with Crippen LogP contribution in [0.15, 0.2) is 11.6 Å². The third-order valence-corrected chi connectivity index (χ3v) is 4.01. The zero-order valence-corrected chi connectivity index (χ0v) is 11.9. The molecule has 2 aliphatic rings. The monoisotopic (exact) mass is 269 g/mol. The van der Waals surface area contributed by atoms with Crippen molar-refractivity contribution < 1.29 is 4.79 Å². The van der Waals surface area contributed by atoms with Crippen LogP contribution < -0.4 is 5.32 Å². The summed E-state index contributed by atoms with van der Waals surface area (Å²) in [5, 5.41) is 12.1. The van der Waals surface area contributed by atoms with Crippen molar-refractivity contribution in [2.24, 2.45) is 0 Å². The summed E-state index contributed by atoms with van der Waals surface area (Å²) in [6.45, 7) is 4.14. The molecule has 1 N–H and O–H groups in total. The summed E-state index contributed by atoms with van der Waals surface area (Å²) in [6.07, 6.45) is 6.24. The summed E-state index contributed by atoms with van der Waals surface area (Å²) in [4.78, 5) is 12.0. The van der Waals surface area contributed by atoms with Gasteiger partial charge in [0.25, 0.3) is 5.91 Å². The van der Waals surface area contributed by atoms with E-state index in [0.717, 1.165) is 24.1 Å². The van der Waals surface area contributed by atoms with E-state index in [9.17, 15) is 10.1 Å². The molecule has 104 valence electrons. The van der Waals surface area contributed by atoms with E-state index in [0.29, 0.717) is 6.04 Å². The number of aromatic nitrogens is 1. The zero-order valence-electron chi connectivity index (χ0n) is 11.9. The first kappa shape index (κ1) is 13.0. The Morgan fingerprint density at radius 3 is 2.65 bits per heavy atom. The van der Waals surface area contributed by atoms with Crippen molar-refractivity contribution in [1.29, 1.82) is 5.26 Å². The Bertz CT molecular complexity index is 625. The highest BCUT2D eigenvalue weighted by Crippen LogP contribution is 2.38. The summed E-state index contributed by atoms with van der Waals surface area (Å²) < 4.78 is 2.32. The minimum Gasteiger partial charge on any atom is -0.349 e. The van der Waals surface area contributed by atoms with Gasteiger partial charge in [0.15, 0.2) is 0 Å². The molecule has 1 heterocycles. The van der Waals surface area contributed by atoms with Crippen LogP contribution in [0.3, 0.4) is 0 Å². The minimum absolute atomic E-state index is 0.202. The molecule has 2 saturated carbocycles. The van der Waals surface area contributed by atoms with E-state index in [1.807, 2.05) is 6.07 Å². The molecule has 0 unspecified atom stereocenters. The maximum Gasteiger partial charge on any atom is 0.262 e. The van der Waals surface area contributed by atoms with Gasteiger partial charge in [0.2, 0.25) is 0 Å². The summed E-state index contributed by atoms with van der Waals surface area (Å²) in [5.41, 5.74) is 3.54. The SMILES string of the molecule is Cc1cc(C=C(C#N)C(=O)NC2CC2)c(C)n1C1CC1. The Labute approximate surface area is 119 Å². The smallest absolute Gasteiger partial charge is 0.262 e. The lowest BCUT2D eigenvalue weighted by Gasteiger charge is -2.07. The predicted molar refractivity (Wildman–Crippen MR) is 76.9 cm³/mol. The second kappa shape index (κ2) is 4.82. The molecule has 0 bridgehead atoms. The molecule has 0 aromatic carbocycles. The molecule has 2 fully saturated rings. The number of hydrogen-bond acceptors (Lipinski definition) is 2. The number of nitrogens with zero attached hydrogens (tertiary/aromatic N) is 2. The average molecular weight is 269 g/mol. The Morgan fingerprint density at radius 2 is 2.10 bits per heavy atom. The highest BCUT2D eigenvalue weighted by Gasteiger charge is 2.27. The molecule has 4 heteroatoms. The number of aryl methyl sites for hydroxylation is 1. The van der Waals surface area contributed by atoms with Crippen LogP contribution in [0.4, 0.5) is 0 Å². The van der Waals surface area contributed by atoms with Crippen molar-refractivity contribution in [2.75, 3.05) is 0 Å². The minimum atomic E-state index is -0.244. The Morgan fingerprint density at radius 1 is 1.40 bits per heavy atom. The molecule has 0 atom stereocenters. The molecule has 1 amide bonds. The number of nitrogens with one attached hydrogen (secondary N) is 1. The fraction of sp³-hybridized carbons (Fsp3) is 0.500. The van der Waals surface area contributed by atoms with Crippen LogP contribution in [0.25, 0.3) is 6.08 Å². The Kier molecular flexibility index (Phi) is 3.13. The lowest BCUT2D eigenvalue weighted by molar-refractivity contribution is -0.117. The van der Waals surface area contributed by atoms with E-state index in [1.54, 1.807) is 6.08 Å². The molecule has 0 radical (unpaired) electrons. The number of hydrogen-bond donors (Lipinski definition) is 1. The van der Waals surface area contributed by atoms with E-state index in [4.69, 9.17) is 0 Å².